The van der Waals surface area contributed by atoms with E-state index in [0.29, 0.717) is 24.7 Å². The maximum absolute atomic E-state index is 12.7. The molecule has 1 saturated carbocycles. The van der Waals surface area contributed by atoms with Crippen molar-refractivity contribution in [3.63, 3.8) is 0 Å². The molecule has 4 rings (SSSR count). The third kappa shape index (κ3) is 4.05. The second-order valence-electron chi connectivity index (χ2n) is 7.17. The van der Waals surface area contributed by atoms with Gasteiger partial charge in [-0.2, -0.15) is 0 Å². The molecular formula is C23H21NO3. The van der Waals surface area contributed by atoms with Gasteiger partial charge in [-0.25, -0.2) is 0 Å². The van der Waals surface area contributed by atoms with E-state index in [1.165, 1.54) is 12.5 Å². The minimum atomic E-state index is -0.281. The third-order valence-electron chi connectivity index (χ3n) is 5.14. The fourth-order valence-corrected chi connectivity index (χ4v) is 3.54. The molecule has 0 radical (unpaired) electrons. The van der Waals surface area contributed by atoms with E-state index in [1.807, 2.05) is 48.7 Å². The summed E-state index contributed by atoms with van der Waals surface area (Å²) >= 11 is 0. The molecule has 136 valence electrons. The van der Waals surface area contributed by atoms with Crippen LogP contribution >= 0.6 is 0 Å². The normalized spacial score (nSPS) is 18.3. The highest BCUT2D eigenvalue weighted by atomic mass is 16.5. The predicted molar refractivity (Wildman–Crippen MR) is 103 cm³/mol. The Balaban J connectivity index is 1.37. The number of hydrogen-bond donors (Lipinski definition) is 0. The zero-order chi connectivity index (χ0) is 18.8. The smallest absolute Gasteiger partial charge is 0.302 e. The number of carbonyl (C=O) groups excluding carboxylic acids is 2. The van der Waals surface area contributed by atoms with E-state index in [1.54, 1.807) is 6.20 Å². The molecule has 0 aliphatic heterocycles. The molecule has 0 amide bonds. The van der Waals surface area contributed by atoms with Crippen LogP contribution in [0.1, 0.15) is 36.0 Å². The molecule has 2 aromatic carbocycles. The molecule has 0 spiro atoms. The summed E-state index contributed by atoms with van der Waals surface area (Å²) in [5, 5.41) is 2.21. The fraction of sp³-hybridized carbons (Fsp3) is 0.261. The third-order valence-corrected chi connectivity index (χ3v) is 5.14. The molecule has 3 aromatic rings. The first-order valence-electron chi connectivity index (χ1n) is 9.18. The number of aromatic nitrogens is 1. The Kier molecular flexibility index (Phi) is 4.71. The van der Waals surface area contributed by atoms with Crippen molar-refractivity contribution in [2.75, 3.05) is 0 Å². The Morgan fingerprint density at radius 1 is 1.04 bits per heavy atom. The fourth-order valence-electron chi connectivity index (χ4n) is 3.54. The van der Waals surface area contributed by atoms with Gasteiger partial charge in [0.15, 0.2) is 0 Å². The van der Waals surface area contributed by atoms with E-state index in [2.05, 4.69) is 11.1 Å². The number of esters is 1. The summed E-state index contributed by atoms with van der Waals surface area (Å²) < 4.78 is 5.00. The predicted octanol–water partition coefficient (Wildman–Crippen LogP) is 4.21. The Morgan fingerprint density at radius 2 is 1.81 bits per heavy atom. The molecule has 2 atom stereocenters. The maximum atomic E-state index is 12.7. The number of fused-ring (bicyclic) bond motifs is 1. The van der Waals surface area contributed by atoms with Gasteiger partial charge in [-0.1, -0.05) is 42.5 Å². The summed E-state index contributed by atoms with van der Waals surface area (Å²) in [6.07, 6.45) is 5.00. The van der Waals surface area contributed by atoms with E-state index in [4.69, 9.17) is 4.74 Å². The van der Waals surface area contributed by atoms with Crippen molar-refractivity contribution in [2.45, 2.75) is 32.3 Å². The topological polar surface area (TPSA) is 56.3 Å². The van der Waals surface area contributed by atoms with Crippen LogP contribution in [0.5, 0.6) is 0 Å². The van der Waals surface area contributed by atoms with Crippen LogP contribution in [-0.4, -0.2) is 16.7 Å². The summed E-state index contributed by atoms with van der Waals surface area (Å²) in [6.45, 7) is 1.70. The monoisotopic (exact) mass is 359 g/mol. The number of pyridine rings is 1. The van der Waals surface area contributed by atoms with E-state index in [-0.39, 0.29) is 11.9 Å². The standard InChI is InChI=1S/C23H21NO3/c1-15(25)27-14-16-2-5-18(6-3-16)21-12-22(21)23(26)11-17-4-7-20-13-24-9-8-19(20)10-17/h2-10,13,21-22H,11-12,14H2,1H3/t21-,22+/m0/s1. The molecule has 1 heterocycles. The van der Waals surface area contributed by atoms with Crippen LogP contribution in [0.15, 0.2) is 60.9 Å². The molecule has 0 unspecified atom stereocenters. The van der Waals surface area contributed by atoms with Crippen LogP contribution in [0.2, 0.25) is 0 Å². The summed E-state index contributed by atoms with van der Waals surface area (Å²) in [7, 11) is 0. The average Bonchev–Trinajstić information content (AvgIpc) is 3.48. The second-order valence-corrected chi connectivity index (χ2v) is 7.17. The van der Waals surface area contributed by atoms with Crippen LogP contribution in [0.4, 0.5) is 0 Å². The SMILES string of the molecule is CC(=O)OCc1ccc([C@@H]2C[C@H]2C(=O)Cc2ccc3cnccc3c2)cc1. The van der Waals surface area contributed by atoms with Crippen molar-refractivity contribution in [1.29, 1.82) is 0 Å². The molecule has 4 heteroatoms. The van der Waals surface area contributed by atoms with Crippen molar-refractivity contribution in [1.82, 2.24) is 4.98 Å². The van der Waals surface area contributed by atoms with Gasteiger partial charge in [-0.15, -0.1) is 0 Å². The first-order valence-corrected chi connectivity index (χ1v) is 9.18. The Morgan fingerprint density at radius 3 is 2.59 bits per heavy atom. The van der Waals surface area contributed by atoms with Crippen molar-refractivity contribution in [2.24, 2.45) is 5.92 Å². The maximum Gasteiger partial charge on any atom is 0.302 e. The molecule has 0 saturated heterocycles. The number of Topliss-reactive ketones (excluding diaryl/α,β-unsaturated/α-hetero) is 1. The molecule has 0 N–H and O–H groups in total. The summed E-state index contributed by atoms with van der Waals surface area (Å²) in [6, 6.07) is 16.1. The lowest BCUT2D eigenvalue weighted by molar-refractivity contribution is -0.142. The van der Waals surface area contributed by atoms with Gasteiger partial charge in [0.2, 0.25) is 0 Å². The van der Waals surface area contributed by atoms with Gasteiger partial charge >= 0.3 is 5.97 Å². The molecule has 4 nitrogen and oxygen atoms in total. The summed E-state index contributed by atoms with van der Waals surface area (Å²) in [5.41, 5.74) is 3.20. The van der Waals surface area contributed by atoms with E-state index in [0.717, 1.165) is 28.3 Å². The number of hydrogen-bond acceptors (Lipinski definition) is 4. The van der Waals surface area contributed by atoms with Crippen molar-refractivity contribution in [3.8, 4) is 0 Å². The van der Waals surface area contributed by atoms with E-state index >= 15 is 0 Å². The van der Waals surface area contributed by atoms with E-state index < -0.39 is 0 Å². The highest BCUT2D eigenvalue weighted by Crippen LogP contribution is 2.48. The average molecular weight is 359 g/mol. The number of ether oxygens (including phenoxy) is 1. The number of nitrogens with zero attached hydrogens (tertiary/aromatic N) is 1. The quantitative estimate of drug-likeness (QED) is 0.619. The highest BCUT2D eigenvalue weighted by molar-refractivity contribution is 5.89. The van der Waals surface area contributed by atoms with Crippen molar-refractivity contribution >= 4 is 22.5 Å². The molecular weight excluding hydrogens is 338 g/mol. The number of benzene rings is 2. The minimum absolute atomic E-state index is 0.109. The lowest BCUT2D eigenvalue weighted by atomic mass is 10.0. The summed E-state index contributed by atoms with van der Waals surface area (Å²) in [4.78, 5) is 27.7. The van der Waals surface area contributed by atoms with Gasteiger partial charge in [0.1, 0.15) is 12.4 Å². The van der Waals surface area contributed by atoms with Crippen molar-refractivity contribution < 1.29 is 14.3 Å². The number of carbonyl (C=O) groups is 2. The summed E-state index contributed by atoms with van der Waals surface area (Å²) in [5.74, 6) is 0.441. The zero-order valence-corrected chi connectivity index (χ0v) is 15.2. The molecule has 1 aromatic heterocycles. The number of rotatable bonds is 6. The lowest BCUT2D eigenvalue weighted by Gasteiger charge is -2.05. The number of ketones is 1. The zero-order valence-electron chi connectivity index (χ0n) is 15.2. The highest BCUT2D eigenvalue weighted by Gasteiger charge is 2.43. The van der Waals surface area contributed by atoms with Crippen LogP contribution in [-0.2, 0) is 27.4 Å². The van der Waals surface area contributed by atoms with Gasteiger partial charge in [-0.3, -0.25) is 14.6 Å². The lowest BCUT2D eigenvalue weighted by Crippen LogP contribution is -2.06. The van der Waals surface area contributed by atoms with Crippen molar-refractivity contribution in [3.05, 3.63) is 77.6 Å². The molecule has 27 heavy (non-hydrogen) atoms. The molecule has 0 bridgehead atoms. The first-order chi connectivity index (χ1) is 13.1. The van der Waals surface area contributed by atoms with Crippen LogP contribution in [0.25, 0.3) is 10.8 Å². The molecule has 1 fully saturated rings. The Hall–Kier alpha value is -3.01. The Bertz CT molecular complexity index is 994. The first kappa shape index (κ1) is 17.4. The van der Waals surface area contributed by atoms with Gasteiger partial charge in [0.05, 0.1) is 0 Å². The van der Waals surface area contributed by atoms with E-state index in [9.17, 15) is 9.59 Å². The van der Waals surface area contributed by atoms with Gasteiger partial charge < -0.3 is 4.74 Å². The minimum Gasteiger partial charge on any atom is -0.461 e. The Labute approximate surface area is 158 Å². The van der Waals surface area contributed by atoms with Gasteiger partial charge in [-0.05, 0) is 40.5 Å². The van der Waals surface area contributed by atoms with Crippen LogP contribution < -0.4 is 0 Å². The molecule has 1 aliphatic rings. The van der Waals surface area contributed by atoms with Gasteiger partial charge in [0, 0.05) is 37.0 Å². The second kappa shape index (κ2) is 7.31. The van der Waals surface area contributed by atoms with Crippen LogP contribution in [0, 0.1) is 5.92 Å². The molecule has 1 aliphatic carbocycles. The largest absolute Gasteiger partial charge is 0.461 e. The van der Waals surface area contributed by atoms with Gasteiger partial charge in [0.25, 0.3) is 0 Å². The van der Waals surface area contributed by atoms with Crippen LogP contribution in [0.3, 0.4) is 0 Å².